The first-order valence-corrected chi connectivity index (χ1v) is 11.3. The van der Waals surface area contributed by atoms with Crippen LogP contribution in [0.5, 0.6) is 5.75 Å². The summed E-state index contributed by atoms with van der Waals surface area (Å²) in [6.45, 7) is 4.74. The maximum atomic E-state index is 13.0. The minimum atomic E-state index is -4.36. The van der Waals surface area contributed by atoms with Gasteiger partial charge in [-0.25, -0.2) is 0 Å². The number of carbonyl (C=O) groups is 1. The molecule has 0 bridgehead atoms. The van der Waals surface area contributed by atoms with Gasteiger partial charge in [0.1, 0.15) is 5.75 Å². The third kappa shape index (κ3) is 4.19. The Bertz CT molecular complexity index is 775. The molecule has 30 heavy (non-hydrogen) atoms. The van der Waals surface area contributed by atoms with Crippen LogP contribution in [0.3, 0.4) is 0 Å². The maximum absolute atomic E-state index is 13.0. The molecule has 0 unspecified atom stereocenters. The fourth-order valence-electron chi connectivity index (χ4n) is 5.61. The van der Waals surface area contributed by atoms with E-state index >= 15 is 0 Å². The summed E-state index contributed by atoms with van der Waals surface area (Å²) in [6, 6.07) is 4.22. The van der Waals surface area contributed by atoms with Crippen LogP contribution >= 0.6 is 0 Å². The number of alkyl halides is 3. The van der Waals surface area contributed by atoms with Crippen LogP contribution in [0.1, 0.15) is 76.3 Å². The van der Waals surface area contributed by atoms with Gasteiger partial charge in [0, 0.05) is 22.9 Å². The largest absolute Gasteiger partial charge is 0.492 e. The Kier molecular flexibility index (Phi) is 5.80. The van der Waals surface area contributed by atoms with Crippen molar-refractivity contribution in [1.29, 1.82) is 0 Å². The molecule has 1 aromatic carbocycles. The summed E-state index contributed by atoms with van der Waals surface area (Å²) in [5.41, 5.74) is 0.0443. The average molecular weight is 424 g/mol. The van der Waals surface area contributed by atoms with Crippen molar-refractivity contribution < 1.29 is 22.7 Å². The van der Waals surface area contributed by atoms with E-state index in [2.05, 4.69) is 12.2 Å². The molecular formula is C24H32F3NO2. The van der Waals surface area contributed by atoms with Gasteiger partial charge in [-0.1, -0.05) is 19.9 Å². The zero-order chi connectivity index (χ0) is 21.5. The lowest BCUT2D eigenvalue weighted by molar-refractivity contribution is -0.137. The Labute approximate surface area is 176 Å². The number of hydrogen-bond acceptors (Lipinski definition) is 2. The van der Waals surface area contributed by atoms with Crippen molar-refractivity contribution in [2.45, 2.75) is 82.8 Å². The van der Waals surface area contributed by atoms with Crippen LogP contribution in [0, 0.1) is 17.8 Å². The van der Waals surface area contributed by atoms with Crippen LogP contribution in [-0.2, 0) is 16.4 Å². The number of hydrogen-bond donors (Lipinski definition) is 1. The van der Waals surface area contributed by atoms with Crippen molar-refractivity contribution in [3.8, 4) is 5.75 Å². The van der Waals surface area contributed by atoms with E-state index in [9.17, 15) is 18.0 Å². The van der Waals surface area contributed by atoms with Crippen LogP contribution in [0.4, 0.5) is 13.2 Å². The molecule has 0 saturated heterocycles. The molecule has 0 radical (unpaired) electrons. The molecule has 3 nitrogen and oxygen atoms in total. The van der Waals surface area contributed by atoms with Crippen LogP contribution < -0.4 is 10.1 Å². The number of benzene rings is 1. The van der Waals surface area contributed by atoms with Gasteiger partial charge in [0.05, 0.1) is 12.2 Å². The molecule has 1 N–H and O–H groups in total. The van der Waals surface area contributed by atoms with Crippen molar-refractivity contribution in [2.75, 3.05) is 6.61 Å². The van der Waals surface area contributed by atoms with E-state index in [1.165, 1.54) is 18.9 Å². The Morgan fingerprint density at radius 1 is 1.13 bits per heavy atom. The highest BCUT2D eigenvalue weighted by Crippen LogP contribution is 2.51. The van der Waals surface area contributed by atoms with E-state index in [1.807, 2.05) is 6.92 Å². The zero-order valence-electron chi connectivity index (χ0n) is 17.9. The molecule has 1 heterocycles. The summed E-state index contributed by atoms with van der Waals surface area (Å²) in [5, 5.41) is 3.26. The topological polar surface area (TPSA) is 38.3 Å². The smallest absolute Gasteiger partial charge is 0.416 e. The first-order chi connectivity index (χ1) is 14.2. The van der Waals surface area contributed by atoms with E-state index in [4.69, 9.17) is 4.74 Å². The summed E-state index contributed by atoms with van der Waals surface area (Å²) in [4.78, 5) is 12.8. The average Bonchev–Trinajstić information content (AvgIpc) is 3.07. The summed E-state index contributed by atoms with van der Waals surface area (Å²) in [5.74, 6) is 1.58. The summed E-state index contributed by atoms with van der Waals surface area (Å²) >= 11 is 0. The van der Waals surface area contributed by atoms with Crippen molar-refractivity contribution >= 4 is 5.91 Å². The number of nitrogens with one attached hydrogen (secondary N) is 1. The van der Waals surface area contributed by atoms with Gasteiger partial charge in [-0.05, 0) is 75.3 Å². The highest BCUT2D eigenvalue weighted by Gasteiger charge is 2.45. The lowest BCUT2D eigenvalue weighted by atomic mass is 9.65. The zero-order valence-corrected chi connectivity index (χ0v) is 17.9. The van der Waals surface area contributed by atoms with E-state index in [0.717, 1.165) is 56.1 Å². The monoisotopic (exact) mass is 423 g/mol. The number of rotatable bonds is 3. The molecule has 4 rings (SSSR count). The van der Waals surface area contributed by atoms with Gasteiger partial charge in [-0.15, -0.1) is 0 Å². The molecule has 2 saturated carbocycles. The first kappa shape index (κ1) is 21.5. The van der Waals surface area contributed by atoms with Gasteiger partial charge < -0.3 is 10.1 Å². The number of carbonyl (C=O) groups excluding carboxylic acids is 1. The van der Waals surface area contributed by atoms with E-state index in [-0.39, 0.29) is 17.2 Å². The molecule has 0 aromatic heterocycles. The third-order valence-electron chi connectivity index (χ3n) is 7.85. The molecule has 6 heteroatoms. The molecule has 1 spiro atoms. The number of fused-ring (bicyclic) bond motifs is 2. The number of ether oxygens (including phenoxy) is 1. The minimum Gasteiger partial charge on any atom is -0.492 e. The molecule has 1 aromatic rings. The maximum Gasteiger partial charge on any atom is 0.416 e. The predicted molar refractivity (Wildman–Crippen MR) is 109 cm³/mol. The number of amides is 1. The predicted octanol–water partition coefficient (Wildman–Crippen LogP) is 5.86. The Hall–Kier alpha value is -1.72. The molecule has 3 aliphatic rings. The normalized spacial score (nSPS) is 32.4. The molecular weight excluding hydrogens is 391 g/mol. The molecule has 2 aliphatic carbocycles. The molecule has 1 atom stereocenters. The summed E-state index contributed by atoms with van der Waals surface area (Å²) in [6.07, 6.45) is 3.67. The summed E-state index contributed by atoms with van der Waals surface area (Å²) < 4.78 is 44.7. The fraction of sp³-hybridized carbons (Fsp3) is 0.708. The molecule has 2 fully saturated rings. The second-order valence-corrected chi connectivity index (χ2v) is 9.87. The highest BCUT2D eigenvalue weighted by molar-refractivity contribution is 5.79. The quantitative estimate of drug-likeness (QED) is 0.662. The van der Waals surface area contributed by atoms with E-state index in [0.29, 0.717) is 24.3 Å². The Balaban J connectivity index is 1.36. The lowest BCUT2D eigenvalue weighted by Crippen LogP contribution is -2.43. The Morgan fingerprint density at radius 2 is 1.80 bits per heavy atom. The van der Waals surface area contributed by atoms with Gasteiger partial charge in [-0.3, -0.25) is 4.79 Å². The molecule has 1 aliphatic heterocycles. The van der Waals surface area contributed by atoms with Crippen LogP contribution in [0.2, 0.25) is 0 Å². The van der Waals surface area contributed by atoms with Crippen molar-refractivity contribution in [2.24, 2.45) is 17.8 Å². The van der Waals surface area contributed by atoms with Crippen molar-refractivity contribution in [1.82, 2.24) is 5.32 Å². The fourth-order valence-corrected chi connectivity index (χ4v) is 5.61. The van der Waals surface area contributed by atoms with Gasteiger partial charge in [-0.2, -0.15) is 13.2 Å². The second-order valence-electron chi connectivity index (χ2n) is 9.87. The van der Waals surface area contributed by atoms with Crippen LogP contribution in [0.25, 0.3) is 0 Å². The van der Waals surface area contributed by atoms with Crippen molar-refractivity contribution in [3.63, 3.8) is 0 Å². The second kappa shape index (κ2) is 8.08. The standard InChI is InChI=1S/C24H32F3NO2/c1-15-3-6-19(7-4-15)28-22(29)16(2)17-9-11-23(12-10-17)14-30-21-13-18(24(25,26)27)5-8-20(21)23/h5,8,13,15-17,19H,3-4,6-7,9-12,14H2,1-2H3,(H,28,29)/t15?,16-,17?,19?,23?/m1/s1. The van der Waals surface area contributed by atoms with E-state index in [1.54, 1.807) is 6.07 Å². The summed E-state index contributed by atoms with van der Waals surface area (Å²) in [7, 11) is 0. The van der Waals surface area contributed by atoms with Crippen LogP contribution in [-0.4, -0.2) is 18.6 Å². The van der Waals surface area contributed by atoms with Gasteiger partial charge >= 0.3 is 6.18 Å². The lowest BCUT2D eigenvalue weighted by Gasteiger charge is -2.38. The highest BCUT2D eigenvalue weighted by atomic mass is 19.4. The van der Waals surface area contributed by atoms with Crippen molar-refractivity contribution in [3.05, 3.63) is 29.3 Å². The Morgan fingerprint density at radius 3 is 2.43 bits per heavy atom. The molecule has 166 valence electrons. The molecule has 1 amide bonds. The number of halogens is 3. The van der Waals surface area contributed by atoms with Gasteiger partial charge in [0.25, 0.3) is 0 Å². The third-order valence-corrected chi connectivity index (χ3v) is 7.85. The van der Waals surface area contributed by atoms with Crippen LogP contribution in [0.15, 0.2) is 18.2 Å². The van der Waals surface area contributed by atoms with Gasteiger partial charge in [0.2, 0.25) is 5.91 Å². The van der Waals surface area contributed by atoms with Gasteiger partial charge in [0.15, 0.2) is 0 Å². The SMILES string of the molecule is CC1CCC(NC(=O)[C@H](C)C2CCC3(CC2)COc2cc(C(F)(F)F)ccc23)CC1. The minimum absolute atomic E-state index is 0.0314. The van der Waals surface area contributed by atoms with E-state index < -0.39 is 11.7 Å². The first-order valence-electron chi connectivity index (χ1n) is 11.3.